The number of fused-ring (bicyclic) bond motifs is 1. The van der Waals surface area contributed by atoms with Crippen LogP contribution in [0.2, 0.25) is 0 Å². The average Bonchev–Trinajstić information content (AvgIpc) is 3.16. The molecule has 3 heterocycles. The number of aromatic nitrogens is 4. The molecule has 4 rings (SSSR count). The van der Waals surface area contributed by atoms with Gasteiger partial charge in [0.2, 0.25) is 5.95 Å². The van der Waals surface area contributed by atoms with Crippen molar-refractivity contribution < 1.29 is 17.6 Å². The largest absolute Gasteiger partial charge is 0.450 e. The maximum Gasteiger partial charge on any atom is 0.433 e. The number of alkyl halides is 3. The summed E-state index contributed by atoms with van der Waals surface area (Å²) in [5.41, 5.74) is 1.16. The lowest BCUT2D eigenvalue weighted by molar-refractivity contribution is -0.143. The molecule has 0 radical (unpaired) electrons. The third-order valence-electron chi connectivity index (χ3n) is 3.86. The van der Waals surface area contributed by atoms with E-state index in [4.69, 9.17) is 4.42 Å². The van der Waals surface area contributed by atoms with Gasteiger partial charge in [0, 0.05) is 30.3 Å². The Morgan fingerprint density at radius 2 is 2.00 bits per heavy atom. The number of hydrogen-bond donors (Lipinski definition) is 1. The van der Waals surface area contributed by atoms with Crippen LogP contribution in [0.4, 0.5) is 24.9 Å². The molecule has 0 saturated carbocycles. The molecule has 4 aromatic rings. The van der Waals surface area contributed by atoms with E-state index in [-0.39, 0.29) is 11.8 Å². The molecular formula is C17H11F3IN5O. The van der Waals surface area contributed by atoms with Gasteiger partial charge in [-0.1, -0.05) is 12.1 Å². The van der Waals surface area contributed by atoms with Gasteiger partial charge < -0.3 is 9.73 Å². The van der Waals surface area contributed by atoms with E-state index >= 15 is 0 Å². The summed E-state index contributed by atoms with van der Waals surface area (Å²) in [6, 6.07) is 10.2. The normalized spacial score (nSPS) is 11.9. The Kier molecular flexibility index (Phi) is 4.29. The number of rotatable bonds is 3. The molecule has 0 unspecified atom stereocenters. The Hall–Kier alpha value is -2.63. The molecule has 138 valence electrons. The predicted octanol–water partition coefficient (Wildman–Crippen LogP) is 4.99. The van der Waals surface area contributed by atoms with Gasteiger partial charge in [0.1, 0.15) is 11.3 Å². The summed E-state index contributed by atoms with van der Waals surface area (Å²) in [6.07, 6.45) is -2.97. The number of furan rings is 1. The van der Waals surface area contributed by atoms with Crippen LogP contribution in [0.1, 0.15) is 5.69 Å². The molecule has 0 bridgehead atoms. The summed E-state index contributed by atoms with van der Waals surface area (Å²) in [6.45, 7) is 0. The summed E-state index contributed by atoms with van der Waals surface area (Å²) < 4.78 is 46.0. The highest BCUT2D eigenvalue weighted by atomic mass is 127. The van der Waals surface area contributed by atoms with Crippen LogP contribution in [-0.4, -0.2) is 19.7 Å². The van der Waals surface area contributed by atoms with Gasteiger partial charge in [-0.05, 0) is 40.8 Å². The van der Waals surface area contributed by atoms with Crippen molar-refractivity contribution in [1.29, 1.82) is 0 Å². The van der Waals surface area contributed by atoms with Gasteiger partial charge in [0.15, 0.2) is 9.58 Å². The van der Waals surface area contributed by atoms with Crippen LogP contribution in [0.25, 0.3) is 22.2 Å². The number of para-hydroxylation sites is 1. The molecule has 10 heteroatoms. The Bertz CT molecular complexity index is 1140. The summed E-state index contributed by atoms with van der Waals surface area (Å²) in [4.78, 5) is 8.45. The maximum atomic E-state index is 12.9. The second-order valence-corrected chi connectivity index (χ2v) is 6.76. The SMILES string of the molecule is Cn1nc(Nc2nccc(-c3cccc4cc(I)oc34)n2)cc1C(F)(F)F. The highest BCUT2D eigenvalue weighted by Crippen LogP contribution is 2.32. The third kappa shape index (κ3) is 3.48. The highest BCUT2D eigenvalue weighted by molar-refractivity contribution is 14.1. The lowest BCUT2D eigenvalue weighted by Gasteiger charge is -2.05. The van der Waals surface area contributed by atoms with E-state index in [1.54, 1.807) is 6.07 Å². The predicted molar refractivity (Wildman–Crippen MR) is 101 cm³/mol. The first kappa shape index (κ1) is 17.8. The van der Waals surface area contributed by atoms with E-state index in [0.717, 1.165) is 25.5 Å². The Morgan fingerprint density at radius 1 is 1.19 bits per heavy atom. The fourth-order valence-electron chi connectivity index (χ4n) is 2.71. The van der Waals surface area contributed by atoms with E-state index in [0.29, 0.717) is 11.3 Å². The molecule has 0 aliphatic carbocycles. The van der Waals surface area contributed by atoms with Crippen LogP contribution in [0, 0.1) is 3.77 Å². The molecule has 0 aliphatic heterocycles. The minimum absolute atomic E-state index is 0.00716. The first-order chi connectivity index (χ1) is 12.8. The zero-order chi connectivity index (χ0) is 19.2. The molecule has 0 amide bonds. The van der Waals surface area contributed by atoms with Gasteiger partial charge in [-0.2, -0.15) is 18.3 Å². The quantitative estimate of drug-likeness (QED) is 0.415. The highest BCUT2D eigenvalue weighted by Gasteiger charge is 2.35. The van der Waals surface area contributed by atoms with Crippen molar-refractivity contribution in [1.82, 2.24) is 19.7 Å². The zero-order valence-electron chi connectivity index (χ0n) is 13.8. The minimum Gasteiger partial charge on any atom is -0.450 e. The van der Waals surface area contributed by atoms with Crippen molar-refractivity contribution in [3.63, 3.8) is 0 Å². The summed E-state index contributed by atoms with van der Waals surface area (Å²) in [5, 5.41) is 7.46. The topological polar surface area (TPSA) is 68.8 Å². The van der Waals surface area contributed by atoms with Crippen LogP contribution in [0.15, 0.2) is 47.0 Å². The Balaban J connectivity index is 1.69. The minimum atomic E-state index is -4.49. The molecule has 1 N–H and O–H groups in total. The van der Waals surface area contributed by atoms with Crippen molar-refractivity contribution in [3.05, 3.63) is 52.1 Å². The van der Waals surface area contributed by atoms with E-state index in [1.807, 2.05) is 24.3 Å². The van der Waals surface area contributed by atoms with Gasteiger partial charge in [-0.25, -0.2) is 9.97 Å². The van der Waals surface area contributed by atoms with E-state index in [1.165, 1.54) is 13.2 Å². The molecule has 0 fully saturated rings. The van der Waals surface area contributed by atoms with Crippen LogP contribution in [0.5, 0.6) is 0 Å². The number of hydrogen-bond acceptors (Lipinski definition) is 5. The molecule has 1 aromatic carbocycles. The molecule has 6 nitrogen and oxygen atoms in total. The average molecular weight is 485 g/mol. The Labute approximate surface area is 164 Å². The number of benzene rings is 1. The van der Waals surface area contributed by atoms with Crippen LogP contribution >= 0.6 is 22.6 Å². The molecule has 0 spiro atoms. The molecule has 0 saturated heterocycles. The maximum absolute atomic E-state index is 12.9. The lowest BCUT2D eigenvalue weighted by atomic mass is 10.1. The summed E-state index contributed by atoms with van der Waals surface area (Å²) in [5.74, 6) is 0.144. The molecule has 3 aromatic heterocycles. The summed E-state index contributed by atoms with van der Waals surface area (Å²) >= 11 is 2.09. The van der Waals surface area contributed by atoms with E-state index in [9.17, 15) is 13.2 Å². The van der Waals surface area contributed by atoms with Gasteiger partial charge in [0.25, 0.3) is 0 Å². The number of anilines is 2. The standard InChI is InChI=1S/C17H11F3IN5O/c1-26-12(17(18,19)20)8-14(25-26)24-16-22-6-5-11(23-16)10-4-2-3-9-7-13(21)27-15(9)10/h2-8H,1H3,(H,22,23,24,25). The van der Waals surface area contributed by atoms with Gasteiger partial charge in [0.05, 0.1) is 5.69 Å². The van der Waals surface area contributed by atoms with E-state index in [2.05, 4.69) is 43.0 Å². The monoisotopic (exact) mass is 485 g/mol. The zero-order valence-corrected chi connectivity index (χ0v) is 15.9. The van der Waals surface area contributed by atoms with Gasteiger partial charge >= 0.3 is 6.18 Å². The Morgan fingerprint density at radius 3 is 2.74 bits per heavy atom. The second kappa shape index (κ2) is 6.51. The first-order valence-corrected chi connectivity index (χ1v) is 8.79. The fraction of sp³-hybridized carbons (Fsp3) is 0.118. The fourth-order valence-corrected chi connectivity index (χ4v) is 3.27. The second-order valence-electron chi connectivity index (χ2n) is 5.70. The molecule has 27 heavy (non-hydrogen) atoms. The van der Waals surface area contributed by atoms with Crippen LogP contribution in [-0.2, 0) is 13.2 Å². The van der Waals surface area contributed by atoms with Gasteiger partial charge in [-0.3, -0.25) is 4.68 Å². The number of halogens is 4. The number of nitrogens with zero attached hydrogens (tertiary/aromatic N) is 4. The van der Waals surface area contributed by atoms with Crippen molar-refractivity contribution in [2.24, 2.45) is 7.05 Å². The summed E-state index contributed by atoms with van der Waals surface area (Å²) in [7, 11) is 1.23. The van der Waals surface area contributed by atoms with Crippen LogP contribution in [0.3, 0.4) is 0 Å². The molecule has 0 atom stereocenters. The van der Waals surface area contributed by atoms with Crippen LogP contribution < -0.4 is 5.32 Å². The first-order valence-electron chi connectivity index (χ1n) is 7.71. The molecule has 0 aliphatic rings. The number of aryl methyl sites for hydroxylation is 1. The van der Waals surface area contributed by atoms with E-state index < -0.39 is 11.9 Å². The lowest BCUT2D eigenvalue weighted by Crippen LogP contribution is -2.11. The van der Waals surface area contributed by atoms with Crippen molar-refractivity contribution in [2.45, 2.75) is 6.18 Å². The number of nitrogens with one attached hydrogen (secondary N) is 1. The van der Waals surface area contributed by atoms with Crippen molar-refractivity contribution in [2.75, 3.05) is 5.32 Å². The van der Waals surface area contributed by atoms with Crippen molar-refractivity contribution >= 4 is 45.3 Å². The molecular weight excluding hydrogens is 474 g/mol. The third-order valence-corrected chi connectivity index (χ3v) is 4.39. The van der Waals surface area contributed by atoms with Crippen molar-refractivity contribution in [3.8, 4) is 11.3 Å². The smallest absolute Gasteiger partial charge is 0.433 e. The van der Waals surface area contributed by atoms with Gasteiger partial charge in [-0.15, -0.1) is 0 Å².